The van der Waals surface area contributed by atoms with Crippen LogP contribution in [0.5, 0.6) is 0 Å². The van der Waals surface area contributed by atoms with E-state index < -0.39 is 7.25 Å². The summed E-state index contributed by atoms with van der Waals surface area (Å²) in [7, 11) is -6.00. The lowest BCUT2D eigenvalue weighted by Gasteiger charge is -1.98. The normalized spacial score (nSPS) is 10.8. The van der Waals surface area contributed by atoms with Crippen LogP contribution in [-0.2, 0) is 0 Å². The van der Waals surface area contributed by atoms with Crippen LogP contribution in [0.1, 0.15) is 17.3 Å². The summed E-state index contributed by atoms with van der Waals surface area (Å²) in [4.78, 5) is 11.3. The lowest BCUT2D eigenvalue weighted by Crippen LogP contribution is -2.27. The van der Waals surface area contributed by atoms with Crippen LogP contribution in [0.25, 0.3) is 11.4 Å². The van der Waals surface area contributed by atoms with Gasteiger partial charge < -0.3 is 17.3 Å². The molecule has 0 amide bonds. The van der Waals surface area contributed by atoms with E-state index in [1.807, 2.05) is 65.8 Å². The van der Waals surface area contributed by atoms with E-state index in [1.165, 1.54) is 0 Å². The molecule has 3 aromatic rings. The van der Waals surface area contributed by atoms with Gasteiger partial charge in [0, 0.05) is 5.56 Å². The number of imidazole rings is 1. The van der Waals surface area contributed by atoms with Crippen LogP contribution < -0.4 is 4.57 Å². The molecule has 0 saturated carbocycles. The number of rotatable bonds is 3. The predicted molar refractivity (Wildman–Crippen MR) is 87.5 cm³/mol. The molecule has 0 saturated heterocycles. The number of Topliss-reactive ketones (excluding diaryl/α,β-unsaturated/α-hetero) is 1. The van der Waals surface area contributed by atoms with Gasteiger partial charge in [-0.05, 0) is 43.3 Å². The Balaban J connectivity index is 0.000000399. The molecule has 0 aliphatic rings. The predicted octanol–water partition coefficient (Wildman–Crippen LogP) is 4.26. The smallest absolute Gasteiger partial charge is 0.418 e. The van der Waals surface area contributed by atoms with Crippen molar-refractivity contribution in [3.63, 3.8) is 0 Å². The SMILES string of the molecule is CC(=O)c1ccc(-[n+]2ccn(-c3ccccc3)c2)cc1.F[B-](F)(F)F. The Labute approximate surface area is 142 Å². The maximum Gasteiger partial charge on any atom is 0.673 e. The Bertz CT molecular complexity index is 824. The van der Waals surface area contributed by atoms with E-state index in [2.05, 4.69) is 16.7 Å². The molecule has 1 heterocycles. The molecule has 0 bridgehead atoms. The van der Waals surface area contributed by atoms with Gasteiger partial charge in [0.05, 0.1) is 0 Å². The number of halogens is 4. The van der Waals surface area contributed by atoms with E-state index in [-0.39, 0.29) is 5.78 Å². The summed E-state index contributed by atoms with van der Waals surface area (Å²) >= 11 is 0. The van der Waals surface area contributed by atoms with Crippen molar-refractivity contribution in [2.45, 2.75) is 6.92 Å². The van der Waals surface area contributed by atoms with Gasteiger partial charge in [-0.25, -0.2) is 9.13 Å². The van der Waals surface area contributed by atoms with Crippen molar-refractivity contribution in [2.75, 3.05) is 0 Å². The third-order valence-electron chi connectivity index (χ3n) is 3.26. The number of nitrogens with zero attached hydrogens (tertiary/aromatic N) is 2. The number of para-hydroxylation sites is 1. The van der Waals surface area contributed by atoms with E-state index in [9.17, 15) is 22.1 Å². The van der Waals surface area contributed by atoms with Crippen molar-refractivity contribution in [3.05, 3.63) is 78.9 Å². The number of aromatic nitrogens is 2. The van der Waals surface area contributed by atoms with Crippen LogP contribution in [0, 0.1) is 0 Å². The van der Waals surface area contributed by atoms with Gasteiger partial charge >= 0.3 is 7.25 Å². The molecule has 0 aliphatic carbocycles. The molecular formula is C17H15BF4N2O. The molecule has 0 spiro atoms. The fraction of sp³-hybridized carbons (Fsp3) is 0.0588. The second-order valence-corrected chi connectivity index (χ2v) is 5.16. The zero-order chi connectivity index (χ0) is 18.4. The first-order valence-corrected chi connectivity index (χ1v) is 7.37. The number of carbonyl (C=O) groups is 1. The van der Waals surface area contributed by atoms with Gasteiger partial charge in [-0.3, -0.25) is 4.79 Å². The van der Waals surface area contributed by atoms with Gasteiger partial charge in [-0.1, -0.05) is 18.2 Å². The number of ketones is 1. The summed E-state index contributed by atoms with van der Waals surface area (Å²) in [6.07, 6.45) is 6.02. The molecule has 0 N–H and O–H groups in total. The Morgan fingerprint density at radius 2 is 1.52 bits per heavy atom. The Kier molecular flexibility index (Phi) is 5.74. The summed E-state index contributed by atoms with van der Waals surface area (Å²) in [6, 6.07) is 17.8. The highest BCUT2D eigenvalue weighted by molar-refractivity contribution is 6.50. The first-order chi connectivity index (χ1) is 11.7. The Hall–Kier alpha value is -2.90. The van der Waals surface area contributed by atoms with E-state index in [0.29, 0.717) is 0 Å². The van der Waals surface area contributed by atoms with Crippen LogP contribution in [0.2, 0.25) is 0 Å². The molecule has 25 heavy (non-hydrogen) atoms. The highest BCUT2D eigenvalue weighted by atomic mass is 19.5. The molecule has 8 heteroatoms. The lowest BCUT2D eigenvalue weighted by atomic mass is 10.1. The molecule has 0 fully saturated rings. The molecular weight excluding hydrogens is 335 g/mol. The van der Waals surface area contributed by atoms with Crippen molar-refractivity contribution >= 4 is 13.0 Å². The molecule has 0 radical (unpaired) electrons. The third kappa shape index (κ3) is 5.91. The highest BCUT2D eigenvalue weighted by Gasteiger charge is 2.20. The minimum absolute atomic E-state index is 0.0865. The van der Waals surface area contributed by atoms with Crippen LogP contribution in [0.4, 0.5) is 17.3 Å². The summed E-state index contributed by atoms with van der Waals surface area (Å²) in [5.74, 6) is 0.0865. The van der Waals surface area contributed by atoms with Crippen molar-refractivity contribution in [3.8, 4) is 11.4 Å². The van der Waals surface area contributed by atoms with E-state index in [1.54, 1.807) is 6.92 Å². The van der Waals surface area contributed by atoms with Crippen LogP contribution in [0.3, 0.4) is 0 Å². The number of benzene rings is 2. The minimum Gasteiger partial charge on any atom is -0.418 e. The largest absolute Gasteiger partial charge is 0.673 e. The fourth-order valence-corrected chi connectivity index (χ4v) is 2.13. The topological polar surface area (TPSA) is 25.9 Å². The van der Waals surface area contributed by atoms with Crippen molar-refractivity contribution < 1.29 is 26.6 Å². The van der Waals surface area contributed by atoms with Gasteiger partial charge in [0.1, 0.15) is 23.8 Å². The van der Waals surface area contributed by atoms with E-state index in [0.717, 1.165) is 16.9 Å². The van der Waals surface area contributed by atoms with Crippen molar-refractivity contribution in [1.29, 1.82) is 0 Å². The number of hydrogen-bond acceptors (Lipinski definition) is 1. The zero-order valence-electron chi connectivity index (χ0n) is 13.3. The standard InChI is InChI=1S/C17H15N2O.BF4/c1-14(20)15-7-9-17(10-8-15)19-12-11-18(13-19)16-5-3-2-4-6-16;2-1(3,4)5/h2-13H,1H3;/q+1;-1. The van der Waals surface area contributed by atoms with Gasteiger partial charge in [0.2, 0.25) is 0 Å². The minimum atomic E-state index is -6.00. The second kappa shape index (κ2) is 7.78. The maximum atomic E-state index is 11.3. The van der Waals surface area contributed by atoms with E-state index >= 15 is 0 Å². The molecule has 0 atom stereocenters. The average Bonchev–Trinajstić information content (AvgIpc) is 3.04. The average molecular weight is 350 g/mol. The maximum absolute atomic E-state index is 11.3. The number of carbonyl (C=O) groups excluding carboxylic acids is 1. The summed E-state index contributed by atoms with van der Waals surface area (Å²) in [6.45, 7) is 1.58. The summed E-state index contributed by atoms with van der Waals surface area (Å²) in [5, 5.41) is 0. The van der Waals surface area contributed by atoms with Gasteiger partial charge in [-0.2, -0.15) is 0 Å². The van der Waals surface area contributed by atoms with Gasteiger partial charge in [0.15, 0.2) is 5.78 Å². The summed E-state index contributed by atoms with van der Waals surface area (Å²) in [5.41, 5.74) is 2.88. The quantitative estimate of drug-likeness (QED) is 0.300. The number of hydrogen-bond donors (Lipinski definition) is 0. The molecule has 3 nitrogen and oxygen atoms in total. The molecule has 0 unspecified atom stereocenters. The van der Waals surface area contributed by atoms with Crippen LogP contribution in [-0.4, -0.2) is 17.6 Å². The second-order valence-electron chi connectivity index (χ2n) is 5.16. The molecule has 2 aromatic carbocycles. The molecule has 3 rings (SSSR count). The van der Waals surface area contributed by atoms with Crippen molar-refractivity contribution in [1.82, 2.24) is 4.57 Å². The highest BCUT2D eigenvalue weighted by Crippen LogP contribution is 2.08. The molecule has 130 valence electrons. The molecule has 0 aliphatic heterocycles. The monoisotopic (exact) mass is 350 g/mol. The Morgan fingerprint density at radius 3 is 2.04 bits per heavy atom. The third-order valence-corrected chi connectivity index (χ3v) is 3.26. The van der Waals surface area contributed by atoms with Gasteiger partial charge in [-0.15, -0.1) is 0 Å². The van der Waals surface area contributed by atoms with Crippen LogP contribution in [0.15, 0.2) is 73.3 Å². The van der Waals surface area contributed by atoms with Crippen molar-refractivity contribution in [2.24, 2.45) is 0 Å². The molecule has 1 aromatic heterocycles. The first kappa shape index (κ1) is 18.4. The fourth-order valence-electron chi connectivity index (χ4n) is 2.13. The summed E-state index contributed by atoms with van der Waals surface area (Å²) < 4.78 is 43.1. The van der Waals surface area contributed by atoms with Gasteiger partial charge in [0.25, 0.3) is 6.33 Å². The van der Waals surface area contributed by atoms with Crippen LogP contribution >= 0.6 is 0 Å². The Morgan fingerprint density at radius 1 is 0.960 bits per heavy atom. The lowest BCUT2D eigenvalue weighted by molar-refractivity contribution is -0.594. The first-order valence-electron chi connectivity index (χ1n) is 7.37. The van der Waals surface area contributed by atoms with E-state index in [4.69, 9.17) is 0 Å². The zero-order valence-corrected chi connectivity index (χ0v) is 13.3.